The molecule has 16 N–H and O–H groups in total. The van der Waals surface area contributed by atoms with Crippen molar-refractivity contribution < 1.29 is 66.8 Å². The first-order valence-electron chi connectivity index (χ1n) is 34.9. The van der Waals surface area contributed by atoms with E-state index >= 15 is 0 Å². The number of rotatable bonds is 50. The summed E-state index contributed by atoms with van der Waals surface area (Å²) in [6, 6.07) is 0. The minimum absolute atomic E-state index is 0. The lowest BCUT2D eigenvalue weighted by Gasteiger charge is -2.23. The molecule has 2 heterocycles. The topological polar surface area (TPSA) is 444 Å². The van der Waals surface area contributed by atoms with E-state index in [2.05, 4.69) is 118 Å². The van der Waals surface area contributed by atoms with Crippen LogP contribution in [0.2, 0.25) is 0 Å². The number of amides is 8. The minimum Gasteiger partial charge on any atom is -0.382 e. The van der Waals surface area contributed by atoms with Crippen molar-refractivity contribution in [2.75, 3.05) is 155 Å². The van der Waals surface area contributed by atoms with Crippen molar-refractivity contribution >= 4 is 70.5 Å². The molecule has 568 valence electrons. The number of carbonyl (C=O) groups excluding carboxylic acids is 8. The van der Waals surface area contributed by atoms with Gasteiger partial charge in [-0.25, -0.2) is 19.9 Å². The number of anilines is 4. The molecule has 30 heteroatoms. The fourth-order valence-electron chi connectivity index (χ4n) is 11.2. The summed E-state index contributed by atoms with van der Waals surface area (Å²) in [5, 5.41) is 22.3. The van der Waals surface area contributed by atoms with Crippen LogP contribution in [0.4, 0.5) is 23.3 Å². The number of nitrogens with zero attached hydrogens (tertiary/aromatic N) is 4. The van der Waals surface area contributed by atoms with Gasteiger partial charge in [0.05, 0.1) is 52.9 Å². The molecule has 0 aromatic carbocycles. The molecule has 0 spiro atoms. The van der Waals surface area contributed by atoms with Crippen LogP contribution in [0.1, 0.15) is 186 Å². The molecule has 0 aliphatic carbocycles. The minimum atomic E-state index is -0.625. The second-order valence-electron chi connectivity index (χ2n) is 26.7. The van der Waals surface area contributed by atoms with Crippen LogP contribution in [0.15, 0.2) is 0 Å². The fraction of sp³-hybridized carbons (Fsp3) is 0.768. The average molecular weight is 1410 g/mol. The Kier molecular flexibility index (Phi) is 48.2. The van der Waals surface area contributed by atoms with Crippen LogP contribution in [0.5, 0.6) is 0 Å². The van der Waals surface area contributed by atoms with Crippen molar-refractivity contribution in [3.63, 3.8) is 0 Å². The van der Waals surface area contributed by atoms with Gasteiger partial charge in [0.25, 0.3) is 23.6 Å². The summed E-state index contributed by atoms with van der Waals surface area (Å²) >= 11 is 0. The predicted molar refractivity (Wildman–Crippen MR) is 386 cm³/mol. The third-order valence-electron chi connectivity index (χ3n) is 15.7. The van der Waals surface area contributed by atoms with Gasteiger partial charge in [0.15, 0.2) is 46.0 Å². The number of nitrogens with one attached hydrogen (secondary N) is 8. The van der Waals surface area contributed by atoms with E-state index in [0.717, 1.165) is 12.8 Å². The molecule has 2 rings (SSSR count). The summed E-state index contributed by atoms with van der Waals surface area (Å²) in [6.45, 7) is 40.4. The summed E-state index contributed by atoms with van der Waals surface area (Å²) in [5.74, 6) is -1.48. The summed E-state index contributed by atoms with van der Waals surface area (Å²) in [7, 11) is 0. The number of nitrogen functional groups attached to an aromatic ring is 4. The van der Waals surface area contributed by atoms with Crippen LogP contribution >= 0.6 is 0 Å². The maximum atomic E-state index is 12.6. The first-order valence-corrected chi connectivity index (χ1v) is 34.9. The summed E-state index contributed by atoms with van der Waals surface area (Å²) in [5.41, 5.74) is 22.9. The third-order valence-corrected chi connectivity index (χ3v) is 15.7. The lowest BCUT2D eigenvalue weighted by molar-refractivity contribution is -0.128. The molecule has 30 nitrogen and oxygen atoms in total. The molecule has 0 aliphatic rings. The zero-order valence-corrected chi connectivity index (χ0v) is 61.7. The predicted octanol–water partition coefficient (Wildman–Crippen LogP) is 4.67. The second kappa shape index (κ2) is 51.9. The maximum absolute atomic E-state index is 12.6. The largest absolute Gasteiger partial charge is 0.382 e. The zero-order chi connectivity index (χ0) is 73.9. The molecule has 2 aromatic heterocycles. The van der Waals surface area contributed by atoms with Gasteiger partial charge in [0.2, 0.25) is 23.6 Å². The van der Waals surface area contributed by atoms with Crippen molar-refractivity contribution in [2.45, 2.75) is 144 Å². The SMILES string of the molecule is C.CC(C)C(C(=O)NCCCOCCOCCOCCCNC(=O)c1nc(N)c(C(=O)NCCCOCCOCCOCCCNC(=O)C(C(C)C)C(C)C)nc1N)C(C)C.CC(C)C(C(=O)NCCNC(=O)c1nc(N)c(C(=O)NCCNC(=O)C(C(C)C)C(C)C)nc1N)C(C)C. The van der Waals surface area contributed by atoms with E-state index in [0.29, 0.717) is 142 Å². The standard InChI is InChI=1S/C42H78N8O10.C26H46N8O4.CH4/c1-29(2)33(30(3)4)39(51)45-13-9-17-55-21-25-59-27-23-57-19-11-15-47-41(53)35-37(43)50-36(38(44)49-35)42(54)48-16-12-20-58-24-28-60-26-22-56-18-10-14-46-40(52)34(31(5)6)32(7)8;1-13(2)17(14(3)4)23(35)29-9-11-31-25(37)19-21(27)34-20(22(28)33-19)26(38)32-12-10-30-24(36)18(15(5)6)16(7)8;/h29-34H,9-28H2,1-8H3,(H2,44,49)(H2,43,50)(H,45,51)(H,46,52)(H,47,53)(H,48,54);13-18H,9-12H2,1-8H3,(H2,28,33)(H2,27,34)(H,29,35)(H,30,36)(H,31,37)(H,32,38);1H4. The zero-order valence-electron chi connectivity index (χ0n) is 61.7. The lowest BCUT2D eigenvalue weighted by Crippen LogP contribution is -2.41. The normalized spacial score (nSPS) is 11.5. The number of hydrogen-bond donors (Lipinski definition) is 12. The highest BCUT2D eigenvalue weighted by molar-refractivity contribution is 6.02. The second-order valence-corrected chi connectivity index (χ2v) is 26.7. The molecule has 0 unspecified atom stereocenters. The Balaban J connectivity index is 0.00000212. The quantitative estimate of drug-likeness (QED) is 0.0400. The Bertz CT molecular complexity index is 2470. The maximum Gasteiger partial charge on any atom is 0.273 e. The lowest BCUT2D eigenvalue weighted by atomic mass is 9.85. The van der Waals surface area contributed by atoms with Gasteiger partial charge in [-0.3, -0.25) is 38.4 Å². The van der Waals surface area contributed by atoms with Crippen LogP contribution in [0.3, 0.4) is 0 Å². The Morgan fingerprint density at radius 3 is 0.606 bits per heavy atom. The van der Waals surface area contributed by atoms with Crippen LogP contribution < -0.4 is 65.5 Å². The van der Waals surface area contributed by atoms with Gasteiger partial charge in [-0.05, 0) is 73.0 Å². The Hall–Kier alpha value is -7.12. The van der Waals surface area contributed by atoms with Gasteiger partial charge in [-0.15, -0.1) is 0 Å². The smallest absolute Gasteiger partial charge is 0.273 e. The highest BCUT2D eigenvalue weighted by atomic mass is 16.5. The van der Waals surface area contributed by atoms with Crippen molar-refractivity contribution in [2.24, 2.45) is 71.0 Å². The monoisotopic (exact) mass is 1400 g/mol. The first kappa shape index (κ1) is 91.9. The molecule has 0 aliphatic heterocycles. The van der Waals surface area contributed by atoms with E-state index in [1.165, 1.54) is 0 Å². The van der Waals surface area contributed by atoms with E-state index in [1.807, 2.05) is 55.4 Å². The van der Waals surface area contributed by atoms with Gasteiger partial charge in [-0.1, -0.05) is 118 Å². The Morgan fingerprint density at radius 2 is 0.414 bits per heavy atom. The van der Waals surface area contributed by atoms with Gasteiger partial charge in [0.1, 0.15) is 0 Å². The highest BCUT2D eigenvalue weighted by Gasteiger charge is 2.29. The molecule has 8 amide bonds. The number of hydrogen-bond acceptors (Lipinski definition) is 22. The van der Waals surface area contributed by atoms with Gasteiger partial charge < -0.3 is 93.9 Å². The summed E-state index contributed by atoms with van der Waals surface area (Å²) in [4.78, 5) is 116. The number of aromatic nitrogens is 4. The van der Waals surface area contributed by atoms with E-state index in [4.69, 9.17) is 51.4 Å². The third kappa shape index (κ3) is 37.2. The molecule has 99 heavy (non-hydrogen) atoms. The first-order chi connectivity index (χ1) is 46.4. The van der Waals surface area contributed by atoms with Gasteiger partial charge in [0, 0.05) is 102 Å². The molecule has 2 aromatic rings. The summed E-state index contributed by atoms with van der Waals surface area (Å²) < 4.78 is 33.3. The van der Waals surface area contributed by atoms with E-state index in [1.54, 1.807) is 0 Å². The van der Waals surface area contributed by atoms with Crippen molar-refractivity contribution in [1.82, 2.24) is 62.5 Å². The van der Waals surface area contributed by atoms with E-state index in [9.17, 15) is 38.4 Å². The molecule has 0 saturated carbocycles. The van der Waals surface area contributed by atoms with E-state index < -0.39 is 23.6 Å². The van der Waals surface area contributed by atoms with Crippen molar-refractivity contribution in [3.8, 4) is 0 Å². The molecule has 0 saturated heterocycles. The molecule has 0 fully saturated rings. The van der Waals surface area contributed by atoms with Crippen molar-refractivity contribution in [1.29, 1.82) is 0 Å². The van der Waals surface area contributed by atoms with E-state index in [-0.39, 0.29) is 151 Å². The molecular formula is C69H128N16O14. The molecule has 0 radical (unpaired) electrons. The van der Waals surface area contributed by atoms with Crippen molar-refractivity contribution in [3.05, 3.63) is 22.8 Å². The highest BCUT2D eigenvalue weighted by Crippen LogP contribution is 2.24. The Labute approximate surface area is 589 Å². The molecule has 0 bridgehead atoms. The van der Waals surface area contributed by atoms with Crippen LogP contribution in [0, 0.1) is 71.0 Å². The molecular weight excluding hydrogens is 1280 g/mol. The van der Waals surface area contributed by atoms with Gasteiger partial charge in [-0.2, -0.15) is 0 Å². The van der Waals surface area contributed by atoms with Gasteiger partial charge >= 0.3 is 0 Å². The molecule has 0 atom stereocenters. The van der Waals surface area contributed by atoms with Crippen LogP contribution in [-0.4, -0.2) is 199 Å². The number of nitrogens with two attached hydrogens (primary N) is 4. The summed E-state index contributed by atoms with van der Waals surface area (Å²) in [6.07, 6.45) is 2.56. The fourth-order valence-corrected chi connectivity index (χ4v) is 11.2. The van der Waals surface area contributed by atoms with Crippen LogP contribution in [0.25, 0.3) is 0 Å². The average Bonchev–Trinajstić information content (AvgIpc) is 0.826. The number of carbonyl (C=O) groups is 8. The Morgan fingerprint density at radius 1 is 0.263 bits per heavy atom. The number of ether oxygens (including phenoxy) is 6. The van der Waals surface area contributed by atoms with Crippen LogP contribution in [-0.2, 0) is 47.6 Å².